The van der Waals surface area contributed by atoms with Crippen LogP contribution in [-0.2, 0) is 0 Å². The highest BCUT2D eigenvalue weighted by Crippen LogP contribution is 2.28. The molecule has 0 spiro atoms. The van der Waals surface area contributed by atoms with Crippen LogP contribution in [-0.4, -0.2) is 5.11 Å². The van der Waals surface area contributed by atoms with E-state index in [9.17, 15) is 5.11 Å². The molecule has 2 heterocycles. The monoisotopic (exact) mass is 210 g/mol. The van der Waals surface area contributed by atoms with Crippen LogP contribution in [0.4, 0.5) is 0 Å². The first-order valence-corrected chi connectivity index (χ1v) is 5.80. The Bertz CT molecular complexity index is 375. The maximum Gasteiger partial charge on any atom is 0.114 e. The second-order valence-electron chi connectivity index (χ2n) is 2.91. The van der Waals surface area contributed by atoms with Gasteiger partial charge in [-0.05, 0) is 41.4 Å². The zero-order valence-corrected chi connectivity index (χ0v) is 8.86. The van der Waals surface area contributed by atoms with E-state index in [1.807, 2.05) is 29.0 Å². The van der Waals surface area contributed by atoms with Gasteiger partial charge >= 0.3 is 0 Å². The highest BCUT2D eigenvalue weighted by atomic mass is 32.1. The quantitative estimate of drug-likeness (QED) is 0.807. The van der Waals surface area contributed by atoms with Gasteiger partial charge in [-0.2, -0.15) is 11.3 Å². The Hall–Kier alpha value is -0.640. The van der Waals surface area contributed by atoms with Gasteiger partial charge in [0.2, 0.25) is 0 Å². The summed E-state index contributed by atoms with van der Waals surface area (Å²) < 4.78 is 0. The fourth-order valence-corrected chi connectivity index (χ4v) is 2.77. The van der Waals surface area contributed by atoms with E-state index < -0.39 is 6.10 Å². The maximum absolute atomic E-state index is 9.91. The molecule has 0 amide bonds. The van der Waals surface area contributed by atoms with Crippen LogP contribution in [0.5, 0.6) is 0 Å². The van der Waals surface area contributed by atoms with Gasteiger partial charge in [0.1, 0.15) is 6.10 Å². The predicted molar refractivity (Wildman–Crippen MR) is 57.4 cm³/mol. The molecule has 0 saturated carbocycles. The Kier molecular flexibility index (Phi) is 2.49. The molecule has 1 N–H and O–H groups in total. The van der Waals surface area contributed by atoms with Crippen LogP contribution in [0.1, 0.15) is 21.4 Å². The van der Waals surface area contributed by atoms with E-state index in [1.54, 1.807) is 22.7 Å². The Morgan fingerprint density at radius 3 is 2.69 bits per heavy atom. The van der Waals surface area contributed by atoms with Crippen molar-refractivity contribution in [2.24, 2.45) is 0 Å². The largest absolute Gasteiger partial charge is 0.383 e. The predicted octanol–water partition coefficient (Wildman–Crippen LogP) is 3.20. The van der Waals surface area contributed by atoms with Gasteiger partial charge < -0.3 is 5.11 Å². The van der Waals surface area contributed by atoms with Crippen LogP contribution in [0.15, 0.2) is 29.0 Å². The third kappa shape index (κ3) is 1.82. The number of hydrogen-bond donors (Lipinski definition) is 1. The topological polar surface area (TPSA) is 20.2 Å². The summed E-state index contributed by atoms with van der Waals surface area (Å²) in [5, 5.41) is 13.9. The van der Waals surface area contributed by atoms with Crippen molar-refractivity contribution in [3.05, 3.63) is 44.3 Å². The van der Waals surface area contributed by atoms with Gasteiger partial charge in [0, 0.05) is 9.75 Å². The molecule has 0 unspecified atom stereocenters. The van der Waals surface area contributed by atoms with Crippen LogP contribution in [0.3, 0.4) is 0 Å². The summed E-state index contributed by atoms with van der Waals surface area (Å²) in [6.45, 7) is 2.05. The highest BCUT2D eigenvalue weighted by Gasteiger charge is 2.11. The number of thiophene rings is 2. The first-order valence-electron chi connectivity index (χ1n) is 4.04. The number of aliphatic hydroxyl groups is 1. The fourth-order valence-electron chi connectivity index (χ4n) is 1.20. The van der Waals surface area contributed by atoms with Crippen LogP contribution < -0.4 is 0 Å². The SMILES string of the molecule is Cc1ccc([C@@H](O)c2ccsc2)s1. The average molecular weight is 210 g/mol. The van der Waals surface area contributed by atoms with Crippen molar-refractivity contribution in [3.8, 4) is 0 Å². The molecule has 0 radical (unpaired) electrons. The minimum absolute atomic E-state index is 0.440. The summed E-state index contributed by atoms with van der Waals surface area (Å²) in [6.07, 6.45) is -0.440. The molecule has 3 heteroatoms. The van der Waals surface area contributed by atoms with Gasteiger partial charge in [0.15, 0.2) is 0 Å². The van der Waals surface area contributed by atoms with Crippen molar-refractivity contribution >= 4 is 22.7 Å². The minimum atomic E-state index is -0.440. The molecule has 0 aliphatic rings. The second kappa shape index (κ2) is 3.62. The van der Waals surface area contributed by atoms with E-state index in [4.69, 9.17) is 0 Å². The molecule has 1 atom stereocenters. The molecule has 0 fully saturated rings. The zero-order valence-electron chi connectivity index (χ0n) is 7.23. The van der Waals surface area contributed by atoms with E-state index in [0.29, 0.717) is 0 Å². The number of rotatable bonds is 2. The number of aliphatic hydroxyl groups excluding tert-OH is 1. The summed E-state index contributed by atoms with van der Waals surface area (Å²) in [5.41, 5.74) is 0.992. The lowest BCUT2D eigenvalue weighted by Crippen LogP contribution is -1.93. The van der Waals surface area contributed by atoms with Crippen molar-refractivity contribution in [2.45, 2.75) is 13.0 Å². The average Bonchev–Trinajstić information content (AvgIpc) is 2.72. The molecule has 0 aromatic carbocycles. The van der Waals surface area contributed by atoms with Crippen molar-refractivity contribution in [1.82, 2.24) is 0 Å². The molecule has 0 bridgehead atoms. The first kappa shape index (κ1) is 8.94. The molecule has 2 aromatic rings. The smallest absolute Gasteiger partial charge is 0.114 e. The lowest BCUT2D eigenvalue weighted by Gasteiger charge is -2.04. The Labute approximate surface area is 85.3 Å². The standard InChI is InChI=1S/C10H10OS2/c1-7-2-3-9(13-7)10(11)8-4-5-12-6-8/h2-6,10-11H,1H3/t10-/m0/s1. The third-order valence-corrected chi connectivity index (χ3v) is 3.64. The van der Waals surface area contributed by atoms with Gasteiger partial charge in [-0.3, -0.25) is 0 Å². The lowest BCUT2D eigenvalue weighted by atomic mass is 10.2. The number of hydrogen-bond acceptors (Lipinski definition) is 3. The zero-order chi connectivity index (χ0) is 9.26. The molecular formula is C10H10OS2. The third-order valence-electron chi connectivity index (χ3n) is 1.89. The summed E-state index contributed by atoms with van der Waals surface area (Å²) in [4.78, 5) is 2.26. The summed E-state index contributed by atoms with van der Waals surface area (Å²) in [5.74, 6) is 0. The molecule has 0 aliphatic carbocycles. The van der Waals surface area contributed by atoms with Gasteiger partial charge in [-0.25, -0.2) is 0 Å². The van der Waals surface area contributed by atoms with Gasteiger partial charge in [-0.15, -0.1) is 11.3 Å². The summed E-state index contributed by atoms with van der Waals surface area (Å²) in [7, 11) is 0. The van der Waals surface area contributed by atoms with E-state index in [1.165, 1.54) is 4.88 Å². The van der Waals surface area contributed by atoms with E-state index in [-0.39, 0.29) is 0 Å². The molecule has 68 valence electrons. The van der Waals surface area contributed by atoms with Crippen molar-refractivity contribution < 1.29 is 5.11 Å². The molecule has 0 saturated heterocycles. The van der Waals surface area contributed by atoms with Crippen molar-refractivity contribution in [1.29, 1.82) is 0 Å². The van der Waals surface area contributed by atoms with Crippen LogP contribution in [0.2, 0.25) is 0 Å². The van der Waals surface area contributed by atoms with Gasteiger partial charge in [0.05, 0.1) is 0 Å². The molecular weight excluding hydrogens is 200 g/mol. The molecule has 2 aromatic heterocycles. The van der Waals surface area contributed by atoms with Gasteiger partial charge in [-0.1, -0.05) is 0 Å². The molecule has 1 nitrogen and oxygen atoms in total. The maximum atomic E-state index is 9.91. The second-order valence-corrected chi connectivity index (χ2v) is 5.01. The first-order chi connectivity index (χ1) is 6.27. The Balaban J connectivity index is 2.28. The molecule has 0 aliphatic heterocycles. The Morgan fingerprint density at radius 1 is 1.31 bits per heavy atom. The van der Waals surface area contributed by atoms with Crippen LogP contribution in [0.25, 0.3) is 0 Å². The fraction of sp³-hybridized carbons (Fsp3) is 0.200. The molecule has 13 heavy (non-hydrogen) atoms. The lowest BCUT2D eigenvalue weighted by molar-refractivity contribution is 0.224. The van der Waals surface area contributed by atoms with Crippen molar-refractivity contribution in [2.75, 3.05) is 0 Å². The number of aryl methyl sites for hydroxylation is 1. The van der Waals surface area contributed by atoms with Gasteiger partial charge in [0.25, 0.3) is 0 Å². The van der Waals surface area contributed by atoms with Crippen LogP contribution in [0, 0.1) is 6.92 Å². The van der Waals surface area contributed by atoms with Crippen LogP contribution >= 0.6 is 22.7 Å². The molecule has 2 rings (SSSR count). The van der Waals surface area contributed by atoms with Crippen molar-refractivity contribution in [3.63, 3.8) is 0 Å². The Morgan fingerprint density at radius 2 is 2.15 bits per heavy atom. The summed E-state index contributed by atoms with van der Waals surface area (Å²) in [6, 6.07) is 5.99. The minimum Gasteiger partial charge on any atom is -0.383 e. The normalized spacial score (nSPS) is 13.1. The van der Waals surface area contributed by atoms with E-state index >= 15 is 0 Å². The van der Waals surface area contributed by atoms with E-state index in [2.05, 4.69) is 6.92 Å². The highest BCUT2D eigenvalue weighted by molar-refractivity contribution is 7.12. The van der Waals surface area contributed by atoms with E-state index in [0.717, 1.165) is 10.4 Å². The summed E-state index contributed by atoms with van der Waals surface area (Å²) >= 11 is 3.26.